The molecule has 2 rings (SSSR count). The molecule has 0 amide bonds. The molecule has 100 valence electrons. The van der Waals surface area contributed by atoms with Crippen LogP contribution < -0.4 is 16.0 Å². The number of nitrogens with one attached hydrogen (secondary N) is 1. The highest BCUT2D eigenvalue weighted by molar-refractivity contribution is 5.52. The lowest BCUT2D eigenvalue weighted by Crippen LogP contribution is -2.44. The van der Waals surface area contributed by atoms with E-state index in [9.17, 15) is 0 Å². The molecule has 4 N–H and O–H groups in total. The van der Waals surface area contributed by atoms with Crippen LogP contribution in [0.4, 0.5) is 17.6 Å². The summed E-state index contributed by atoms with van der Waals surface area (Å²) < 4.78 is 5.40. The van der Waals surface area contributed by atoms with E-state index in [0.29, 0.717) is 19.0 Å². The van der Waals surface area contributed by atoms with Crippen molar-refractivity contribution in [3.8, 4) is 0 Å². The number of anilines is 3. The summed E-state index contributed by atoms with van der Waals surface area (Å²) in [7, 11) is 0. The predicted octanol–water partition coefficient (Wildman–Crippen LogP) is -0.312. The van der Waals surface area contributed by atoms with Gasteiger partial charge in [-0.15, -0.1) is 0 Å². The Kier molecular flexibility index (Phi) is 4.16. The van der Waals surface area contributed by atoms with Gasteiger partial charge in [-0.2, -0.15) is 9.97 Å². The van der Waals surface area contributed by atoms with Crippen molar-refractivity contribution in [1.82, 2.24) is 9.97 Å². The van der Waals surface area contributed by atoms with E-state index < -0.39 is 0 Å². The molecule has 0 bridgehead atoms. The van der Waals surface area contributed by atoms with Gasteiger partial charge in [-0.1, -0.05) is 0 Å². The summed E-state index contributed by atoms with van der Waals surface area (Å²) in [6, 6.07) is 1.86. The van der Waals surface area contributed by atoms with Crippen LogP contribution >= 0.6 is 0 Å². The second-order valence-electron chi connectivity index (χ2n) is 4.12. The fraction of sp³-hybridized carbons (Fsp3) is 0.636. The third-order valence-corrected chi connectivity index (χ3v) is 2.75. The lowest BCUT2D eigenvalue weighted by molar-refractivity contribution is 0.00337. The van der Waals surface area contributed by atoms with Gasteiger partial charge in [-0.05, 0) is 6.92 Å². The molecule has 0 aromatic carbocycles. The highest BCUT2D eigenvalue weighted by atomic mass is 16.5. The number of nitrogen functional groups attached to an aromatic ring is 1. The number of hydrogen-bond acceptors (Lipinski definition) is 7. The van der Waals surface area contributed by atoms with Crippen molar-refractivity contribution >= 4 is 17.6 Å². The highest BCUT2D eigenvalue weighted by Gasteiger charge is 2.21. The molecule has 0 aliphatic carbocycles. The lowest BCUT2D eigenvalue weighted by Gasteiger charge is -2.33. The monoisotopic (exact) mass is 253 g/mol. The van der Waals surface area contributed by atoms with E-state index in [4.69, 9.17) is 15.6 Å². The molecule has 0 saturated carbocycles. The van der Waals surface area contributed by atoms with Crippen LogP contribution in [0.3, 0.4) is 0 Å². The van der Waals surface area contributed by atoms with Gasteiger partial charge in [0.25, 0.3) is 0 Å². The van der Waals surface area contributed by atoms with Gasteiger partial charge in [0.1, 0.15) is 11.6 Å². The molecule has 1 saturated heterocycles. The zero-order valence-corrected chi connectivity index (χ0v) is 10.5. The van der Waals surface area contributed by atoms with Gasteiger partial charge in [0, 0.05) is 25.7 Å². The molecule has 0 spiro atoms. The van der Waals surface area contributed by atoms with Crippen LogP contribution in [0.1, 0.15) is 6.92 Å². The van der Waals surface area contributed by atoms with Gasteiger partial charge in [-0.25, -0.2) is 0 Å². The Bertz CT molecular complexity index is 401. The molecule has 1 aliphatic rings. The third-order valence-electron chi connectivity index (χ3n) is 2.75. The molecule has 1 aliphatic heterocycles. The molecule has 1 atom stereocenters. The second kappa shape index (κ2) is 5.83. The Balaban J connectivity index is 2.16. The summed E-state index contributed by atoms with van der Waals surface area (Å²) in [5.74, 6) is 1.72. The van der Waals surface area contributed by atoms with Crippen molar-refractivity contribution in [2.45, 2.75) is 13.0 Å². The fourth-order valence-electron chi connectivity index (χ4n) is 1.92. The lowest BCUT2D eigenvalue weighted by atomic mass is 10.3. The second-order valence-corrected chi connectivity index (χ2v) is 4.12. The number of morpholine rings is 1. The van der Waals surface area contributed by atoms with E-state index in [2.05, 4.69) is 15.3 Å². The van der Waals surface area contributed by atoms with Gasteiger partial charge in [0.15, 0.2) is 0 Å². The number of rotatable bonds is 4. The van der Waals surface area contributed by atoms with Crippen LogP contribution in [-0.4, -0.2) is 54.0 Å². The van der Waals surface area contributed by atoms with Crippen LogP contribution in [0, 0.1) is 0 Å². The summed E-state index contributed by atoms with van der Waals surface area (Å²) >= 11 is 0. The van der Waals surface area contributed by atoms with Gasteiger partial charge in [0.05, 0.1) is 19.3 Å². The molecule has 18 heavy (non-hydrogen) atoms. The van der Waals surface area contributed by atoms with E-state index in [1.807, 2.05) is 17.9 Å². The summed E-state index contributed by atoms with van der Waals surface area (Å²) in [6.07, 6.45) is -0.169. The quantitative estimate of drug-likeness (QED) is 0.677. The van der Waals surface area contributed by atoms with Crippen molar-refractivity contribution < 1.29 is 9.84 Å². The Morgan fingerprint density at radius 3 is 3.17 bits per heavy atom. The van der Waals surface area contributed by atoms with Crippen molar-refractivity contribution in [2.75, 3.05) is 48.8 Å². The van der Waals surface area contributed by atoms with Crippen molar-refractivity contribution in [1.29, 1.82) is 0 Å². The van der Waals surface area contributed by atoms with E-state index in [1.54, 1.807) is 0 Å². The maximum absolute atomic E-state index is 9.13. The normalized spacial score (nSPS) is 19.9. The van der Waals surface area contributed by atoms with Crippen molar-refractivity contribution in [3.63, 3.8) is 0 Å². The first-order valence-corrected chi connectivity index (χ1v) is 6.08. The topological polar surface area (TPSA) is 96.5 Å². The van der Waals surface area contributed by atoms with E-state index in [-0.39, 0.29) is 18.7 Å². The fourth-order valence-corrected chi connectivity index (χ4v) is 1.92. The van der Waals surface area contributed by atoms with Crippen LogP contribution in [0.25, 0.3) is 0 Å². The first-order valence-electron chi connectivity index (χ1n) is 6.08. The molecule has 1 aromatic heterocycles. The number of nitrogens with zero attached hydrogens (tertiary/aromatic N) is 3. The largest absolute Gasteiger partial charge is 0.394 e. The van der Waals surface area contributed by atoms with Crippen LogP contribution in [0.15, 0.2) is 6.07 Å². The number of nitrogens with two attached hydrogens (primary N) is 1. The van der Waals surface area contributed by atoms with E-state index in [1.165, 1.54) is 0 Å². The van der Waals surface area contributed by atoms with Gasteiger partial charge < -0.3 is 25.8 Å². The molecule has 1 fully saturated rings. The molecule has 1 unspecified atom stereocenters. The number of aromatic nitrogens is 2. The highest BCUT2D eigenvalue weighted by Crippen LogP contribution is 2.19. The Morgan fingerprint density at radius 1 is 1.61 bits per heavy atom. The maximum Gasteiger partial charge on any atom is 0.223 e. The summed E-state index contributed by atoms with van der Waals surface area (Å²) in [6.45, 7) is 4.70. The number of ether oxygens (including phenoxy) is 1. The molecular formula is C11H19N5O2. The summed E-state index contributed by atoms with van der Waals surface area (Å²) in [5, 5.41) is 12.2. The van der Waals surface area contributed by atoms with E-state index >= 15 is 0 Å². The SMILES string of the molecule is CCNc1cc(N2CCOC(CO)C2)nc(N)n1. The Hall–Kier alpha value is -1.60. The maximum atomic E-state index is 9.13. The standard InChI is InChI=1S/C11H19N5O2/c1-2-13-9-5-10(15-11(12)14-9)16-3-4-18-8(6-16)7-17/h5,8,17H,2-4,6-7H2,1H3,(H3,12,13,14,15). The van der Waals surface area contributed by atoms with E-state index in [0.717, 1.165) is 18.9 Å². The number of hydrogen-bond donors (Lipinski definition) is 3. The molecule has 1 aromatic rings. The zero-order valence-electron chi connectivity index (χ0n) is 10.5. The van der Waals surface area contributed by atoms with Crippen LogP contribution in [-0.2, 0) is 4.74 Å². The van der Waals surface area contributed by atoms with Crippen LogP contribution in [0.2, 0.25) is 0 Å². The summed E-state index contributed by atoms with van der Waals surface area (Å²) in [4.78, 5) is 10.4. The average molecular weight is 253 g/mol. The predicted molar refractivity (Wildman–Crippen MR) is 69.6 cm³/mol. The molecule has 7 heteroatoms. The minimum absolute atomic E-state index is 0.0110. The zero-order chi connectivity index (χ0) is 13.0. The Morgan fingerprint density at radius 2 is 2.44 bits per heavy atom. The Labute approximate surface area is 106 Å². The van der Waals surface area contributed by atoms with Crippen molar-refractivity contribution in [3.05, 3.63) is 6.07 Å². The first kappa shape index (κ1) is 12.8. The summed E-state index contributed by atoms with van der Waals surface area (Å²) in [5.41, 5.74) is 5.69. The van der Waals surface area contributed by atoms with Crippen LogP contribution in [0.5, 0.6) is 0 Å². The van der Waals surface area contributed by atoms with Gasteiger partial charge >= 0.3 is 0 Å². The number of aliphatic hydroxyl groups is 1. The molecular weight excluding hydrogens is 234 g/mol. The molecule has 7 nitrogen and oxygen atoms in total. The average Bonchev–Trinajstić information content (AvgIpc) is 2.38. The van der Waals surface area contributed by atoms with Gasteiger partial charge in [-0.3, -0.25) is 0 Å². The first-order chi connectivity index (χ1) is 8.72. The van der Waals surface area contributed by atoms with Gasteiger partial charge in [0.2, 0.25) is 5.95 Å². The minimum atomic E-state index is -0.169. The third kappa shape index (κ3) is 2.99. The molecule has 2 heterocycles. The number of aliphatic hydroxyl groups excluding tert-OH is 1. The minimum Gasteiger partial charge on any atom is -0.394 e. The molecule has 0 radical (unpaired) electrons. The smallest absolute Gasteiger partial charge is 0.223 e. The van der Waals surface area contributed by atoms with Crippen molar-refractivity contribution in [2.24, 2.45) is 0 Å².